The van der Waals surface area contributed by atoms with Crippen LogP contribution >= 0.6 is 35.0 Å². The molecule has 3 nitrogen and oxygen atoms in total. The van der Waals surface area contributed by atoms with Gasteiger partial charge >= 0.3 is 0 Å². The minimum atomic E-state index is -3.78. The Morgan fingerprint density at radius 1 is 1.35 bits per heavy atom. The molecular weight excluding hydrogens is 305 g/mol. The van der Waals surface area contributed by atoms with E-state index in [-0.39, 0.29) is 9.92 Å². The first-order chi connectivity index (χ1) is 7.91. The number of alkyl halides is 1. The van der Waals surface area contributed by atoms with Gasteiger partial charge in [-0.3, -0.25) is 0 Å². The van der Waals surface area contributed by atoms with Crippen molar-refractivity contribution in [1.82, 2.24) is 3.82 Å². The molecule has 1 rings (SSSR count). The molecule has 1 atom stereocenters. The third-order valence-corrected chi connectivity index (χ3v) is 5.49. The molecule has 0 bridgehead atoms. The van der Waals surface area contributed by atoms with Gasteiger partial charge in [0.25, 0.3) is 10.0 Å². The second-order valence-corrected chi connectivity index (χ2v) is 6.64. The van der Waals surface area contributed by atoms with Crippen LogP contribution in [-0.4, -0.2) is 24.2 Å². The number of sulfonamides is 1. The van der Waals surface area contributed by atoms with Gasteiger partial charge in [0.2, 0.25) is 0 Å². The third-order valence-electron chi connectivity index (χ3n) is 2.22. The zero-order chi connectivity index (χ0) is 13.1. The molecule has 7 heteroatoms. The van der Waals surface area contributed by atoms with E-state index in [1.165, 1.54) is 12.1 Å². The molecule has 0 fully saturated rings. The molecule has 0 saturated heterocycles. The Balaban J connectivity index is 3.08. The summed E-state index contributed by atoms with van der Waals surface area (Å²) < 4.78 is 25.0. The van der Waals surface area contributed by atoms with Gasteiger partial charge in [-0.1, -0.05) is 23.7 Å². The number of nitrogens with zero attached hydrogens (tertiary/aromatic N) is 1. The molecule has 96 valence electrons. The maximum absolute atomic E-state index is 12.1. The van der Waals surface area contributed by atoms with Gasteiger partial charge in [-0.2, -0.15) is 0 Å². The van der Waals surface area contributed by atoms with Gasteiger partial charge in [-0.05, 0) is 37.3 Å². The van der Waals surface area contributed by atoms with E-state index in [1.807, 2.05) is 0 Å². The van der Waals surface area contributed by atoms with E-state index in [4.69, 9.17) is 35.0 Å². The molecule has 0 heterocycles. The van der Waals surface area contributed by atoms with E-state index in [2.05, 4.69) is 0 Å². The Hall–Kier alpha value is -0.000000000000000111. The maximum Gasteiger partial charge on any atom is 0.258 e. The van der Waals surface area contributed by atoms with Crippen LogP contribution in [0.15, 0.2) is 29.2 Å². The summed E-state index contributed by atoms with van der Waals surface area (Å²) in [5.41, 5.74) is 0. The van der Waals surface area contributed by atoms with Gasteiger partial charge in [-0.25, -0.2) is 8.42 Å². The van der Waals surface area contributed by atoms with Crippen LogP contribution in [0.25, 0.3) is 0 Å². The largest absolute Gasteiger partial charge is 0.258 e. The molecule has 0 N–H and O–H groups in total. The highest BCUT2D eigenvalue weighted by molar-refractivity contribution is 7.90. The quantitative estimate of drug-likeness (QED) is 0.616. The summed E-state index contributed by atoms with van der Waals surface area (Å²) in [6.45, 7) is 1.68. The lowest BCUT2D eigenvalue weighted by Gasteiger charge is -2.21. The molecule has 0 amide bonds. The van der Waals surface area contributed by atoms with Crippen LogP contribution in [0.5, 0.6) is 0 Å². The summed E-state index contributed by atoms with van der Waals surface area (Å²) in [5.74, 6) is 0.336. The zero-order valence-electron chi connectivity index (χ0n) is 9.11. The highest BCUT2D eigenvalue weighted by Gasteiger charge is 2.28. The Bertz CT molecular complexity index is 478. The molecule has 0 aliphatic carbocycles. The molecular formula is C10H12Cl3NO2S. The molecule has 0 aliphatic heterocycles. The van der Waals surface area contributed by atoms with E-state index < -0.39 is 16.1 Å². The van der Waals surface area contributed by atoms with Crippen molar-refractivity contribution in [2.45, 2.75) is 24.3 Å². The average molecular weight is 317 g/mol. The third kappa shape index (κ3) is 3.48. The highest BCUT2D eigenvalue weighted by Crippen LogP contribution is 2.27. The second kappa shape index (κ2) is 6.25. The lowest BCUT2D eigenvalue weighted by molar-refractivity contribution is 0.463. The van der Waals surface area contributed by atoms with E-state index in [9.17, 15) is 8.42 Å². The summed E-state index contributed by atoms with van der Waals surface area (Å²) in [4.78, 5) is -0.00177. The monoisotopic (exact) mass is 315 g/mol. The molecule has 1 aromatic carbocycles. The first-order valence-electron chi connectivity index (χ1n) is 4.92. The molecule has 0 aliphatic rings. The predicted octanol–water partition coefficient (Wildman–Crippen LogP) is 3.50. The van der Waals surface area contributed by atoms with Crippen LogP contribution in [-0.2, 0) is 10.0 Å². The van der Waals surface area contributed by atoms with Gasteiger partial charge < -0.3 is 0 Å². The van der Waals surface area contributed by atoms with Crippen LogP contribution in [0.1, 0.15) is 13.3 Å². The fraction of sp³-hybridized carbons (Fsp3) is 0.400. The molecule has 1 aromatic rings. The van der Waals surface area contributed by atoms with Gasteiger partial charge in [0, 0.05) is 11.9 Å². The van der Waals surface area contributed by atoms with E-state index in [1.54, 1.807) is 19.1 Å². The fourth-order valence-electron chi connectivity index (χ4n) is 1.24. The summed E-state index contributed by atoms with van der Waals surface area (Å²) in [7, 11) is -3.78. The van der Waals surface area contributed by atoms with Crippen molar-refractivity contribution in [3.05, 3.63) is 29.3 Å². The van der Waals surface area contributed by atoms with Crippen LogP contribution in [0.2, 0.25) is 5.02 Å². The predicted molar refractivity (Wildman–Crippen MR) is 71.1 cm³/mol. The molecule has 0 saturated carbocycles. The Morgan fingerprint density at radius 3 is 2.47 bits per heavy atom. The number of benzene rings is 1. The summed E-state index contributed by atoms with van der Waals surface area (Å²) in [6, 6.07) is 5.78. The van der Waals surface area contributed by atoms with E-state index in [0.717, 1.165) is 3.82 Å². The van der Waals surface area contributed by atoms with Crippen molar-refractivity contribution in [1.29, 1.82) is 0 Å². The smallest absolute Gasteiger partial charge is 0.206 e. The lowest BCUT2D eigenvalue weighted by Crippen LogP contribution is -2.31. The summed E-state index contributed by atoms with van der Waals surface area (Å²) in [5, 5.41) is 0.149. The standard InChI is InChI=1S/C10H12Cl3NO2S/c1-8(6-7-11)14(13)17(15,16)10-5-3-2-4-9(10)12/h2-5,8H,6-7H2,1H3. The minimum absolute atomic E-state index is 0.00177. The molecule has 17 heavy (non-hydrogen) atoms. The van der Waals surface area contributed by atoms with Crippen molar-refractivity contribution in [2.75, 3.05) is 5.88 Å². The molecule has 0 radical (unpaired) electrons. The highest BCUT2D eigenvalue weighted by atomic mass is 35.5. The van der Waals surface area contributed by atoms with Crippen LogP contribution in [0.4, 0.5) is 0 Å². The zero-order valence-corrected chi connectivity index (χ0v) is 12.2. The van der Waals surface area contributed by atoms with Crippen LogP contribution in [0.3, 0.4) is 0 Å². The van der Waals surface area contributed by atoms with Crippen LogP contribution < -0.4 is 0 Å². The molecule has 0 spiro atoms. The summed E-state index contributed by atoms with van der Waals surface area (Å²) in [6.07, 6.45) is 0.467. The Morgan fingerprint density at radius 2 is 1.94 bits per heavy atom. The lowest BCUT2D eigenvalue weighted by atomic mass is 10.3. The van der Waals surface area contributed by atoms with Crippen molar-refractivity contribution in [2.24, 2.45) is 0 Å². The van der Waals surface area contributed by atoms with Crippen molar-refractivity contribution in [3.8, 4) is 0 Å². The first kappa shape index (κ1) is 15.1. The first-order valence-corrected chi connectivity index (χ1v) is 7.61. The maximum atomic E-state index is 12.1. The molecule has 0 aromatic heterocycles. The second-order valence-electron chi connectivity index (χ2n) is 3.50. The Kier molecular flexibility index (Phi) is 5.54. The number of hydrogen-bond acceptors (Lipinski definition) is 2. The van der Waals surface area contributed by atoms with Gasteiger partial charge in [0.15, 0.2) is 0 Å². The SMILES string of the molecule is CC(CCCl)N(Cl)S(=O)(=O)c1ccccc1Cl. The number of halogens is 3. The Labute approximate surface area is 116 Å². The summed E-state index contributed by atoms with van der Waals surface area (Å²) >= 11 is 17.2. The minimum Gasteiger partial charge on any atom is -0.206 e. The van der Waals surface area contributed by atoms with Crippen molar-refractivity contribution in [3.63, 3.8) is 0 Å². The van der Waals surface area contributed by atoms with Gasteiger partial charge in [0.1, 0.15) is 4.90 Å². The van der Waals surface area contributed by atoms with E-state index in [0.29, 0.717) is 12.3 Å². The fourth-order valence-corrected chi connectivity index (χ4v) is 3.64. The topological polar surface area (TPSA) is 37.4 Å². The average Bonchev–Trinajstić information content (AvgIpc) is 2.28. The number of rotatable bonds is 5. The van der Waals surface area contributed by atoms with E-state index >= 15 is 0 Å². The molecule has 1 unspecified atom stereocenters. The van der Waals surface area contributed by atoms with Gasteiger partial charge in [-0.15, -0.1) is 15.4 Å². The van der Waals surface area contributed by atoms with Gasteiger partial charge in [0.05, 0.1) is 5.02 Å². The van der Waals surface area contributed by atoms with Crippen molar-refractivity contribution < 1.29 is 8.42 Å². The normalized spacial score (nSPS) is 13.9. The van der Waals surface area contributed by atoms with Crippen molar-refractivity contribution >= 4 is 45.0 Å². The van der Waals surface area contributed by atoms with Crippen LogP contribution in [0, 0.1) is 0 Å². The number of hydrogen-bond donors (Lipinski definition) is 0.